The minimum Gasteiger partial charge on any atom is -0.504 e. The lowest BCUT2D eigenvalue weighted by atomic mass is 9.81. The van der Waals surface area contributed by atoms with Crippen molar-refractivity contribution in [3.63, 3.8) is 0 Å². The third-order valence-corrected chi connectivity index (χ3v) is 6.35. The van der Waals surface area contributed by atoms with Crippen molar-refractivity contribution in [2.24, 2.45) is 0 Å². The quantitative estimate of drug-likeness (QED) is 0.598. The summed E-state index contributed by atoms with van der Waals surface area (Å²) in [6.45, 7) is 0. The van der Waals surface area contributed by atoms with Gasteiger partial charge in [0.25, 0.3) is 0 Å². The molecule has 0 saturated heterocycles. The van der Waals surface area contributed by atoms with E-state index in [9.17, 15) is 9.90 Å². The Morgan fingerprint density at radius 1 is 1.24 bits per heavy atom. The Kier molecular flexibility index (Phi) is 4.24. The van der Waals surface area contributed by atoms with Crippen LogP contribution in [0.5, 0.6) is 11.5 Å². The lowest BCUT2D eigenvalue weighted by molar-refractivity contribution is -0.116. The molecule has 148 valence electrons. The summed E-state index contributed by atoms with van der Waals surface area (Å²) < 4.78 is 10.1. The zero-order chi connectivity index (χ0) is 20.0. The smallest absolute Gasteiger partial charge is 0.219 e. The molecule has 29 heavy (non-hydrogen) atoms. The highest BCUT2D eigenvalue weighted by Crippen LogP contribution is 2.45. The standard InChI is InChI=1S/C20H18N4O4S/c1-27-15-9-10(4-5-13(15)25)18-17-12(21-19-20(22-18)24-28-23-19)7-11(8-14(17)26)16-3-2-6-29-16/h2-6,9,11,18,25H,7-8H2,1H3,(H,21,23)(H,22,24)/t11-,18+/m0/s1. The van der Waals surface area contributed by atoms with Gasteiger partial charge in [0, 0.05) is 28.5 Å². The molecule has 9 heteroatoms. The van der Waals surface area contributed by atoms with E-state index in [0.717, 1.165) is 11.3 Å². The fourth-order valence-corrected chi connectivity index (χ4v) is 4.78. The SMILES string of the molecule is COc1cc([C@H]2Nc3nonc3NC3=C2C(=O)C[C@@H](c2cccs2)C3)ccc1O. The van der Waals surface area contributed by atoms with Crippen LogP contribution in [0.3, 0.4) is 0 Å². The maximum Gasteiger partial charge on any atom is 0.219 e. The molecule has 2 aromatic heterocycles. The normalized spacial score (nSPS) is 20.9. The molecule has 0 amide bonds. The molecule has 3 N–H and O–H groups in total. The number of ketones is 1. The van der Waals surface area contributed by atoms with Gasteiger partial charge in [0.15, 0.2) is 17.3 Å². The van der Waals surface area contributed by atoms with E-state index in [1.54, 1.807) is 29.5 Å². The average molecular weight is 410 g/mol. The summed E-state index contributed by atoms with van der Waals surface area (Å²) in [4.78, 5) is 14.5. The number of nitrogens with zero attached hydrogens (tertiary/aromatic N) is 2. The number of allylic oxidation sites excluding steroid dienone is 1. The highest BCUT2D eigenvalue weighted by atomic mass is 32.1. The van der Waals surface area contributed by atoms with Gasteiger partial charge in [0.05, 0.1) is 13.2 Å². The first-order chi connectivity index (χ1) is 14.1. The Labute approximate surface area is 170 Å². The van der Waals surface area contributed by atoms with Crippen LogP contribution in [0.2, 0.25) is 0 Å². The third kappa shape index (κ3) is 3.03. The van der Waals surface area contributed by atoms with Crippen molar-refractivity contribution in [2.75, 3.05) is 17.7 Å². The molecule has 3 heterocycles. The number of hydrogen-bond acceptors (Lipinski definition) is 9. The predicted molar refractivity (Wildman–Crippen MR) is 107 cm³/mol. The van der Waals surface area contributed by atoms with Crippen molar-refractivity contribution in [2.45, 2.75) is 24.8 Å². The van der Waals surface area contributed by atoms with Gasteiger partial charge in [-0.2, -0.15) is 0 Å². The van der Waals surface area contributed by atoms with E-state index in [4.69, 9.17) is 9.37 Å². The number of rotatable bonds is 3. The molecule has 0 bridgehead atoms. The highest BCUT2D eigenvalue weighted by Gasteiger charge is 2.37. The van der Waals surface area contributed by atoms with Crippen LogP contribution in [0.25, 0.3) is 0 Å². The number of anilines is 2. The van der Waals surface area contributed by atoms with E-state index in [1.807, 2.05) is 11.4 Å². The number of aromatic nitrogens is 2. The van der Waals surface area contributed by atoms with Crippen LogP contribution in [0.1, 0.15) is 35.2 Å². The average Bonchev–Trinajstić information content (AvgIpc) is 3.37. The second kappa shape index (κ2) is 6.93. The van der Waals surface area contributed by atoms with Crippen LogP contribution in [0, 0.1) is 0 Å². The van der Waals surface area contributed by atoms with Gasteiger partial charge < -0.3 is 20.5 Å². The van der Waals surface area contributed by atoms with Crippen LogP contribution in [0.15, 0.2) is 51.6 Å². The predicted octanol–water partition coefficient (Wildman–Crippen LogP) is 3.82. The van der Waals surface area contributed by atoms with Gasteiger partial charge >= 0.3 is 0 Å². The van der Waals surface area contributed by atoms with Crippen LogP contribution in [0.4, 0.5) is 11.6 Å². The number of thiophene rings is 1. The second-order valence-electron chi connectivity index (χ2n) is 7.03. The van der Waals surface area contributed by atoms with Crippen molar-refractivity contribution in [3.05, 3.63) is 57.4 Å². The lowest BCUT2D eigenvalue weighted by Gasteiger charge is -2.29. The van der Waals surface area contributed by atoms with Crippen molar-refractivity contribution in [1.29, 1.82) is 0 Å². The molecule has 1 aliphatic heterocycles. The Morgan fingerprint density at radius 3 is 2.90 bits per heavy atom. The van der Waals surface area contributed by atoms with E-state index >= 15 is 0 Å². The zero-order valence-electron chi connectivity index (χ0n) is 15.5. The fourth-order valence-electron chi connectivity index (χ4n) is 3.95. The van der Waals surface area contributed by atoms with E-state index in [1.165, 1.54) is 12.0 Å². The maximum absolute atomic E-state index is 13.3. The molecule has 0 spiro atoms. The Hall–Kier alpha value is -3.33. The number of benzene rings is 1. The number of methoxy groups -OCH3 is 1. The fraction of sp³-hybridized carbons (Fsp3) is 0.250. The van der Waals surface area contributed by atoms with E-state index < -0.39 is 6.04 Å². The lowest BCUT2D eigenvalue weighted by Crippen LogP contribution is -2.26. The summed E-state index contributed by atoms with van der Waals surface area (Å²) in [5, 5.41) is 26.4. The minimum atomic E-state index is -0.475. The summed E-state index contributed by atoms with van der Waals surface area (Å²) in [6, 6.07) is 8.62. The van der Waals surface area contributed by atoms with Gasteiger partial charge in [0.2, 0.25) is 11.6 Å². The number of fused-ring (bicyclic) bond motifs is 1. The molecule has 5 rings (SSSR count). The summed E-state index contributed by atoms with van der Waals surface area (Å²) in [7, 11) is 1.49. The molecule has 3 aromatic rings. The van der Waals surface area contributed by atoms with Gasteiger partial charge in [-0.05, 0) is 45.9 Å². The zero-order valence-corrected chi connectivity index (χ0v) is 16.3. The Balaban J connectivity index is 1.62. The van der Waals surface area contributed by atoms with E-state index in [2.05, 4.69) is 27.0 Å². The summed E-state index contributed by atoms with van der Waals surface area (Å²) in [5.74, 6) is 1.42. The molecule has 0 radical (unpaired) electrons. The number of phenolic OH excluding ortho intramolecular Hbond substituents is 1. The number of ether oxygens (including phenoxy) is 1. The molecular weight excluding hydrogens is 392 g/mol. The molecule has 2 aliphatic rings. The van der Waals surface area contributed by atoms with Crippen LogP contribution >= 0.6 is 11.3 Å². The monoisotopic (exact) mass is 410 g/mol. The number of hydrogen-bond donors (Lipinski definition) is 3. The van der Waals surface area contributed by atoms with Crippen molar-refractivity contribution in [1.82, 2.24) is 10.3 Å². The first-order valence-electron chi connectivity index (χ1n) is 9.16. The number of Topliss-reactive ketones (excluding diaryl/α,β-unsaturated/α-hetero) is 1. The van der Waals surface area contributed by atoms with Crippen molar-refractivity contribution < 1.29 is 19.3 Å². The van der Waals surface area contributed by atoms with Gasteiger partial charge in [-0.1, -0.05) is 12.1 Å². The highest BCUT2D eigenvalue weighted by molar-refractivity contribution is 7.10. The number of carbonyl (C=O) groups excluding carboxylic acids is 1. The molecule has 0 saturated carbocycles. The largest absolute Gasteiger partial charge is 0.504 e. The van der Waals surface area contributed by atoms with E-state index in [0.29, 0.717) is 35.8 Å². The van der Waals surface area contributed by atoms with Gasteiger partial charge in [-0.15, -0.1) is 11.3 Å². The van der Waals surface area contributed by atoms with E-state index in [-0.39, 0.29) is 17.5 Å². The maximum atomic E-state index is 13.3. The summed E-state index contributed by atoms with van der Waals surface area (Å²) in [5.41, 5.74) is 2.22. The molecule has 1 aliphatic carbocycles. The number of aromatic hydroxyl groups is 1. The molecule has 1 aromatic carbocycles. The molecule has 0 fully saturated rings. The number of nitrogens with one attached hydrogen (secondary N) is 2. The number of phenols is 1. The topological polar surface area (TPSA) is 110 Å². The first kappa shape index (κ1) is 17.7. The van der Waals surface area contributed by atoms with Crippen molar-refractivity contribution in [3.8, 4) is 11.5 Å². The first-order valence-corrected chi connectivity index (χ1v) is 10.0. The number of carbonyl (C=O) groups is 1. The Morgan fingerprint density at radius 2 is 2.10 bits per heavy atom. The third-order valence-electron chi connectivity index (χ3n) is 5.32. The minimum absolute atomic E-state index is 0.0359. The molecule has 8 nitrogen and oxygen atoms in total. The van der Waals surface area contributed by atoms with Gasteiger partial charge in [0.1, 0.15) is 0 Å². The summed E-state index contributed by atoms with van der Waals surface area (Å²) in [6.07, 6.45) is 1.12. The second-order valence-corrected chi connectivity index (χ2v) is 8.01. The molecule has 0 unspecified atom stereocenters. The van der Waals surface area contributed by atoms with Gasteiger partial charge in [-0.25, -0.2) is 4.63 Å². The van der Waals surface area contributed by atoms with Crippen LogP contribution < -0.4 is 15.4 Å². The van der Waals surface area contributed by atoms with Crippen LogP contribution in [-0.2, 0) is 4.79 Å². The van der Waals surface area contributed by atoms with Gasteiger partial charge in [-0.3, -0.25) is 4.79 Å². The van der Waals surface area contributed by atoms with Crippen molar-refractivity contribution >= 4 is 28.8 Å². The summed E-state index contributed by atoms with van der Waals surface area (Å²) >= 11 is 1.66. The molecule has 2 atom stereocenters. The van der Waals surface area contributed by atoms with Crippen LogP contribution in [-0.4, -0.2) is 28.3 Å². The molecular formula is C20H18N4O4S. The Bertz CT molecular complexity index is 1110.